The van der Waals surface area contributed by atoms with Crippen LogP contribution >= 0.6 is 0 Å². The van der Waals surface area contributed by atoms with E-state index in [2.05, 4.69) is 19.2 Å². The van der Waals surface area contributed by atoms with Gasteiger partial charge in [-0.1, -0.05) is 97.3 Å². The monoisotopic (exact) mass is 369 g/mol. The Hall–Kier alpha value is -0.570. The maximum Gasteiger partial charge on any atom is 0.223 e. The Labute approximate surface area is 163 Å². The molecule has 1 unspecified atom stereocenters. The molecule has 3 heteroatoms. The van der Waals surface area contributed by atoms with Crippen molar-refractivity contribution in [3.63, 3.8) is 0 Å². The van der Waals surface area contributed by atoms with Gasteiger partial charge in [-0.05, 0) is 25.7 Å². The molecule has 0 fully saturated rings. The number of nitrogens with one attached hydrogen (secondary N) is 1. The number of carbonyl (C=O) groups is 1. The van der Waals surface area contributed by atoms with Crippen molar-refractivity contribution in [2.24, 2.45) is 5.92 Å². The summed E-state index contributed by atoms with van der Waals surface area (Å²) in [4.78, 5) is 12.6. The molecule has 0 aromatic heterocycles. The highest BCUT2D eigenvalue weighted by Crippen LogP contribution is 2.19. The predicted octanol–water partition coefficient (Wildman–Crippen LogP) is 6.38. The van der Waals surface area contributed by atoms with Gasteiger partial charge in [-0.25, -0.2) is 0 Å². The number of hydrogen-bond donors (Lipinski definition) is 2. The molecule has 0 aromatic carbocycles. The van der Waals surface area contributed by atoms with Crippen LogP contribution in [0.3, 0.4) is 0 Å². The average Bonchev–Trinajstić information content (AvgIpc) is 2.65. The first-order valence-electron chi connectivity index (χ1n) is 11.6. The molecule has 0 aliphatic heterocycles. The largest absolute Gasteiger partial charge is 0.396 e. The molecule has 0 radical (unpaired) electrons. The van der Waals surface area contributed by atoms with Crippen LogP contribution in [0, 0.1) is 5.92 Å². The van der Waals surface area contributed by atoms with Crippen LogP contribution in [-0.2, 0) is 4.79 Å². The number of hydrogen-bond acceptors (Lipinski definition) is 2. The van der Waals surface area contributed by atoms with E-state index in [0.29, 0.717) is 12.5 Å². The molecule has 0 saturated carbocycles. The van der Waals surface area contributed by atoms with Crippen molar-refractivity contribution in [3.8, 4) is 0 Å². The minimum absolute atomic E-state index is 0.229. The summed E-state index contributed by atoms with van der Waals surface area (Å²) in [7, 11) is 0. The van der Waals surface area contributed by atoms with E-state index >= 15 is 0 Å². The zero-order valence-corrected chi connectivity index (χ0v) is 17.9. The smallest absolute Gasteiger partial charge is 0.223 e. The maximum absolute atomic E-state index is 12.6. The first kappa shape index (κ1) is 25.4. The number of aliphatic hydroxyl groups is 1. The third-order valence-electron chi connectivity index (χ3n) is 5.32. The van der Waals surface area contributed by atoms with Crippen LogP contribution in [0.25, 0.3) is 0 Å². The van der Waals surface area contributed by atoms with Gasteiger partial charge in [0.05, 0.1) is 0 Å². The number of amides is 1. The molecule has 0 heterocycles. The molecule has 0 bridgehead atoms. The van der Waals surface area contributed by atoms with Crippen LogP contribution in [-0.4, -0.2) is 24.2 Å². The summed E-state index contributed by atoms with van der Waals surface area (Å²) in [6, 6.07) is 0. The summed E-state index contributed by atoms with van der Waals surface area (Å²) >= 11 is 0. The third-order valence-corrected chi connectivity index (χ3v) is 5.32. The van der Waals surface area contributed by atoms with Crippen molar-refractivity contribution >= 4 is 5.91 Å². The molecular weight excluding hydrogens is 322 g/mol. The lowest BCUT2D eigenvalue weighted by Gasteiger charge is -2.17. The normalized spacial score (nSPS) is 12.3. The second-order valence-electron chi connectivity index (χ2n) is 7.89. The molecule has 0 aliphatic rings. The number of unbranched alkanes of at least 4 members (excludes halogenated alkanes) is 12. The van der Waals surface area contributed by atoms with E-state index in [9.17, 15) is 4.79 Å². The highest BCUT2D eigenvalue weighted by atomic mass is 16.2. The Morgan fingerprint density at radius 3 is 1.73 bits per heavy atom. The van der Waals surface area contributed by atoms with E-state index in [-0.39, 0.29) is 5.92 Å². The van der Waals surface area contributed by atoms with Gasteiger partial charge in [-0.15, -0.1) is 0 Å². The molecule has 0 aromatic rings. The molecule has 0 spiro atoms. The average molecular weight is 370 g/mol. The summed E-state index contributed by atoms with van der Waals surface area (Å²) in [5, 5.41) is 12.0. The van der Waals surface area contributed by atoms with Gasteiger partial charge in [0.25, 0.3) is 0 Å². The van der Waals surface area contributed by atoms with Gasteiger partial charge in [-0.3, -0.25) is 4.79 Å². The fourth-order valence-electron chi connectivity index (χ4n) is 3.52. The maximum atomic E-state index is 12.6. The standard InChI is InChI=1S/C23H47NO2/c1-3-5-7-9-11-15-19-22(18-14-8-6-4-2)23(26)24-20-16-12-10-13-17-21-25/h22,25H,3-21H2,1-2H3,(H,24,26). The zero-order chi connectivity index (χ0) is 19.3. The molecule has 26 heavy (non-hydrogen) atoms. The molecular formula is C23H47NO2. The molecule has 0 saturated heterocycles. The summed E-state index contributed by atoms with van der Waals surface area (Å²) in [5.74, 6) is 0.526. The van der Waals surface area contributed by atoms with Gasteiger partial charge in [0, 0.05) is 19.1 Å². The van der Waals surface area contributed by atoms with Crippen LogP contribution < -0.4 is 5.32 Å². The summed E-state index contributed by atoms with van der Waals surface area (Å²) in [5.41, 5.74) is 0. The number of aliphatic hydroxyl groups excluding tert-OH is 1. The quantitative estimate of drug-likeness (QED) is 0.244. The summed E-state index contributed by atoms with van der Waals surface area (Å²) < 4.78 is 0. The first-order valence-corrected chi connectivity index (χ1v) is 11.6. The lowest BCUT2D eigenvalue weighted by molar-refractivity contribution is -0.125. The van der Waals surface area contributed by atoms with Gasteiger partial charge >= 0.3 is 0 Å². The summed E-state index contributed by atoms with van der Waals surface area (Å²) in [6.45, 7) is 5.61. The van der Waals surface area contributed by atoms with E-state index in [1.807, 2.05) is 0 Å². The van der Waals surface area contributed by atoms with Crippen molar-refractivity contribution in [2.75, 3.05) is 13.2 Å². The van der Waals surface area contributed by atoms with Gasteiger partial charge < -0.3 is 10.4 Å². The Kier molecular flexibility index (Phi) is 20.3. The second-order valence-corrected chi connectivity index (χ2v) is 7.89. The Morgan fingerprint density at radius 1 is 0.692 bits per heavy atom. The van der Waals surface area contributed by atoms with E-state index in [1.54, 1.807) is 0 Å². The van der Waals surface area contributed by atoms with E-state index in [1.165, 1.54) is 64.2 Å². The van der Waals surface area contributed by atoms with Crippen molar-refractivity contribution in [2.45, 2.75) is 123 Å². The van der Waals surface area contributed by atoms with Crippen LogP contribution in [0.2, 0.25) is 0 Å². The zero-order valence-electron chi connectivity index (χ0n) is 17.9. The van der Waals surface area contributed by atoms with Crippen LogP contribution in [0.4, 0.5) is 0 Å². The van der Waals surface area contributed by atoms with Crippen molar-refractivity contribution < 1.29 is 9.90 Å². The molecule has 0 rings (SSSR count). The molecule has 3 nitrogen and oxygen atoms in total. The minimum Gasteiger partial charge on any atom is -0.396 e. The van der Waals surface area contributed by atoms with Crippen molar-refractivity contribution in [1.82, 2.24) is 5.32 Å². The minimum atomic E-state index is 0.229. The van der Waals surface area contributed by atoms with E-state index in [4.69, 9.17) is 5.11 Å². The molecule has 1 atom stereocenters. The molecule has 1 amide bonds. The van der Waals surface area contributed by atoms with Crippen molar-refractivity contribution in [1.29, 1.82) is 0 Å². The topological polar surface area (TPSA) is 49.3 Å². The number of carbonyl (C=O) groups excluding carboxylic acids is 1. The Morgan fingerprint density at radius 2 is 1.15 bits per heavy atom. The lowest BCUT2D eigenvalue weighted by atomic mass is 9.93. The summed E-state index contributed by atoms with van der Waals surface area (Å²) in [6.07, 6.45) is 20.3. The molecule has 0 aliphatic carbocycles. The lowest BCUT2D eigenvalue weighted by Crippen LogP contribution is -2.31. The van der Waals surface area contributed by atoms with Crippen LogP contribution in [0.5, 0.6) is 0 Å². The Balaban J connectivity index is 3.95. The molecule has 156 valence electrons. The predicted molar refractivity (Wildman–Crippen MR) is 113 cm³/mol. The number of rotatable bonds is 20. The molecule has 2 N–H and O–H groups in total. The highest BCUT2D eigenvalue weighted by Gasteiger charge is 2.17. The highest BCUT2D eigenvalue weighted by molar-refractivity contribution is 5.78. The second kappa shape index (κ2) is 20.7. The van der Waals surface area contributed by atoms with Crippen LogP contribution in [0.1, 0.15) is 123 Å². The fourth-order valence-corrected chi connectivity index (χ4v) is 3.52. The SMILES string of the molecule is CCCCCCCCC(CCCCCC)C(=O)NCCCCCCCO. The Bertz CT molecular complexity index is 294. The third kappa shape index (κ3) is 16.9. The van der Waals surface area contributed by atoms with Crippen molar-refractivity contribution in [3.05, 3.63) is 0 Å². The first-order chi connectivity index (χ1) is 12.8. The van der Waals surface area contributed by atoms with Gasteiger partial charge in [-0.2, -0.15) is 0 Å². The van der Waals surface area contributed by atoms with Gasteiger partial charge in [0.15, 0.2) is 0 Å². The van der Waals surface area contributed by atoms with Gasteiger partial charge in [0.1, 0.15) is 0 Å². The van der Waals surface area contributed by atoms with E-state index in [0.717, 1.165) is 51.5 Å². The van der Waals surface area contributed by atoms with Crippen LogP contribution in [0.15, 0.2) is 0 Å². The van der Waals surface area contributed by atoms with Gasteiger partial charge in [0.2, 0.25) is 5.91 Å². The fraction of sp³-hybridized carbons (Fsp3) is 0.957. The van der Waals surface area contributed by atoms with E-state index < -0.39 is 0 Å².